The number of thiocarbonyl (C=S) groups is 1. The van der Waals surface area contributed by atoms with Gasteiger partial charge in [0, 0.05) is 11.3 Å². The summed E-state index contributed by atoms with van der Waals surface area (Å²) in [5.41, 5.74) is 6.46. The molecule has 4 aromatic rings. The fraction of sp³-hybridized carbons (Fsp3) is 0.192. The summed E-state index contributed by atoms with van der Waals surface area (Å²) in [4.78, 5) is 17.6. The van der Waals surface area contributed by atoms with Crippen LogP contribution in [0.2, 0.25) is 0 Å². The standard InChI is InChI=1S/C26H25N3O4S/c1-14-12-15(2)23-19(13-14)27-25(33-23)17-8-6-9-18(16(17)3)28-26(34)29-24(30)22-20(31-4)10-7-11-21(22)32-5/h6-13H,1-5H3,(H2,28,29,30,34). The number of methoxy groups -OCH3 is 2. The first-order chi connectivity index (χ1) is 16.3. The number of benzene rings is 3. The van der Waals surface area contributed by atoms with E-state index in [2.05, 4.69) is 21.7 Å². The second-order valence-electron chi connectivity index (χ2n) is 7.87. The molecule has 8 heteroatoms. The van der Waals surface area contributed by atoms with E-state index in [0.717, 1.165) is 39.0 Å². The number of anilines is 1. The number of aryl methyl sites for hydroxylation is 2. The van der Waals surface area contributed by atoms with Gasteiger partial charge in [0.25, 0.3) is 5.91 Å². The summed E-state index contributed by atoms with van der Waals surface area (Å²) in [7, 11) is 2.98. The van der Waals surface area contributed by atoms with E-state index >= 15 is 0 Å². The van der Waals surface area contributed by atoms with Crippen LogP contribution in [0.5, 0.6) is 11.5 Å². The molecule has 7 nitrogen and oxygen atoms in total. The van der Waals surface area contributed by atoms with Gasteiger partial charge in [-0.15, -0.1) is 0 Å². The number of carbonyl (C=O) groups excluding carboxylic acids is 1. The molecule has 0 aliphatic heterocycles. The Balaban J connectivity index is 1.58. The maximum absolute atomic E-state index is 12.9. The Hall–Kier alpha value is -3.91. The summed E-state index contributed by atoms with van der Waals surface area (Å²) in [6, 6.07) is 14.9. The Kier molecular flexibility index (Phi) is 6.51. The Morgan fingerprint density at radius 1 is 1.00 bits per heavy atom. The second kappa shape index (κ2) is 9.52. The topological polar surface area (TPSA) is 85.6 Å². The third-order valence-electron chi connectivity index (χ3n) is 5.51. The molecule has 0 unspecified atom stereocenters. The SMILES string of the molecule is COc1cccc(OC)c1C(=O)NC(=S)Nc1cccc(-c2nc3cc(C)cc(C)c3o2)c1C. The van der Waals surface area contributed by atoms with Crippen LogP contribution in [0.3, 0.4) is 0 Å². The molecule has 0 saturated heterocycles. The van der Waals surface area contributed by atoms with E-state index in [1.54, 1.807) is 18.2 Å². The van der Waals surface area contributed by atoms with Crippen molar-refractivity contribution in [3.63, 3.8) is 0 Å². The van der Waals surface area contributed by atoms with Crippen molar-refractivity contribution in [3.8, 4) is 23.0 Å². The summed E-state index contributed by atoms with van der Waals surface area (Å²) < 4.78 is 16.7. The van der Waals surface area contributed by atoms with Crippen LogP contribution in [-0.2, 0) is 0 Å². The lowest BCUT2D eigenvalue weighted by molar-refractivity contribution is 0.0971. The van der Waals surface area contributed by atoms with E-state index < -0.39 is 5.91 Å². The molecule has 0 fully saturated rings. The van der Waals surface area contributed by atoms with Crippen LogP contribution in [-0.4, -0.2) is 30.2 Å². The summed E-state index contributed by atoms with van der Waals surface area (Å²) in [5.74, 6) is 0.864. The quantitative estimate of drug-likeness (QED) is 0.365. The van der Waals surface area contributed by atoms with Gasteiger partial charge in [0.05, 0.1) is 14.2 Å². The van der Waals surface area contributed by atoms with Crippen LogP contribution in [0.15, 0.2) is 52.9 Å². The Bertz CT molecular complexity index is 1390. The van der Waals surface area contributed by atoms with Gasteiger partial charge in [0.15, 0.2) is 10.7 Å². The fourth-order valence-electron chi connectivity index (χ4n) is 3.89. The fourth-order valence-corrected chi connectivity index (χ4v) is 4.09. The van der Waals surface area contributed by atoms with Gasteiger partial charge >= 0.3 is 0 Å². The van der Waals surface area contributed by atoms with Crippen molar-refractivity contribution in [2.24, 2.45) is 0 Å². The Labute approximate surface area is 203 Å². The van der Waals surface area contributed by atoms with Gasteiger partial charge in [-0.1, -0.05) is 18.2 Å². The lowest BCUT2D eigenvalue weighted by atomic mass is 10.1. The molecule has 34 heavy (non-hydrogen) atoms. The molecular formula is C26H25N3O4S. The third kappa shape index (κ3) is 4.45. The molecule has 0 atom stereocenters. The number of ether oxygens (including phenoxy) is 2. The molecule has 2 N–H and O–H groups in total. The van der Waals surface area contributed by atoms with E-state index in [1.165, 1.54) is 14.2 Å². The molecule has 0 aliphatic carbocycles. The molecule has 1 amide bonds. The van der Waals surface area contributed by atoms with Crippen molar-refractivity contribution in [1.29, 1.82) is 0 Å². The van der Waals surface area contributed by atoms with Crippen molar-refractivity contribution in [2.75, 3.05) is 19.5 Å². The second-order valence-corrected chi connectivity index (χ2v) is 8.28. The zero-order valence-electron chi connectivity index (χ0n) is 19.6. The highest BCUT2D eigenvalue weighted by molar-refractivity contribution is 7.80. The predicted molar refractivity (Wildman–Crippen MR) is 137 cm³/mol. The van der Waals surface area contributed by atoms with Gasteiger partial charge in [-0.2, -0.15) is 0 Å². The molecule has 1 aromatic heterocycles. The average Bonchev–Trinajstić information content (AvgIpc) is 3.23. The van der Waals surface area contributed by atoms with Crippen LogP contribution in [0.4, 0.5) is 5.69 Å². The van der Waals surface area contributed by atoms with Crippen LogP contribution < -0.4 is 20.1 Å². The maximum atomic E-state index is 12.9. The molecule has 4 rings (SSSR count). The molecule has 1 heterocycles. The number of nitrogens with one attached hydrogen (secondary N) is 2. The lowest BCUT2D eigenvalue weighted by Gasteiger charge is -2.15. The van der Waals surface area contributed by atoms with E-state index in [4.69, 9.17) is 26.1 Å². The minimum atomic E-state index is -0.439. The van der Waals surface area contributed by atoms with Crippen LogP contribution in [0.25, 0.3) is 22.6 Å². The van der Waals surface area contributed by atoms with E-state index in [9.17, 15) is 4.79 Å². The summed E-state index contributed by atoms with van der Waals surface area (Å²) in [5, 5.41) is 5.94. The third-order valence-corrected chi connectivity index (χ3v) is 5.72. The number of hydrogen-bond acceptors (Lipinski definition) is 6. The lowest BCUT2D eigenvalue weighted by Crippen LogP contribution is -2.34. The smallest absolute Gasteiger partial charge is 0.264 e. The number of rotatable bonds is 5. The predicted octanol–water partition coefficient (Wildman–Crippen LogP) is 5.56. The zero-order valence-corrected chi connectivity index (χ0v) is 20.4. The van der Waals surface area contributed by atoms with E-state index in [-0.39, 0.29) is 10.7 Å². The van der Waals surface area contributed by atoms with Crippen LogP contribution in [0, 0.1) is 20.8 Å². The first-order valence-electron chi connectivity index (χ1n) is 10.6. The van der Waals surface area contributed by atoms with Crippen molar-refractivity contribution in [3.05, 3.63) is 70.8 Å². The Morgan fingerprint density at radius 3 is 2.35 bits per heavy atom. The molecule has 0 radical (unpaired) electrons. The molecule has 3 aromatic carbocycles. The summed E-state index contributed by atoms with van der Waals surface area (Å²) >= 11 is 5.41. The molecule has 0 saturated carbocycles. The first kappa shape index (κ1) is 23.3. The number of hydrogen-bond donors (Lipinski definition) is 2. The van der Waals surface area contributed by atoms with E-state index in [1.807, 2.05) is 45.0 Å². The molecule has 0 aliphatic rings. The molecule has 174 valence electrons. The average molecular weight is 476 g/mol. The van der Waals surface area contributed by atoms with Gasteiger partial charge in [-0.3, -0.25) is 10.1 Å². The number of fused-ring (bicyclic) bond motifs is 1. The maximum Gasteiger partial charge on any atom is 0.264 e. The van der Waals surface area contributed by atoms with Crippen LogP contribution in [0.1, 0.15) is 27.0 Å². The Morgan fingerprint density at radius 2 is 1.68 bits per heavy atom. The number of aromatic nitrogens is 1. The number of amides is 1. The van der Waals surface area contributed by atoms with Gasteiger partial charge in [-0.25, -0.2) is 4.98 Å². The number of oxazole rings is 1. The van der Waals surface area contributed by atoms with Gasteiger partial charge < -0.3 is 19.2 Å². The van der Waals surface area contributed by atoms with Crippen molar-refractivity contribution >= 4 is 40.0 Å². The highest BCUT2D eigenvalue weighted by Gasteiger charge is 2.20. The largest absolute Gasteiger partial charge is 0.496 e. The highest BCUT2D eigenvalue weighted by atomic mass is 32.1. The van der Waals surface area contributed by atoms with Crippen molar-refractivity contribution in [1.82, 2.24) is 10.3 Å². The minimum Gasteiger partial charge on any atom is -0.496 e. The normalized spacial score (nSPS) is 10.7. The summed E-state index contributed by atoms with van der Waals surface area (Å²) in [6.45, 7) is 5.98. The monoisotopic (exact) mass is 475 g/mol. The summed E-state index contributed by atoms with van der Waals surface area (Å²) in [6.07, 6.45) is 0. The van der Waals surface area contributed by atoms with Crippen molar-refractivity contribution in [2.45, 2.75) is 20.8 Å². The van der Waals surface area contributed by atoms with Crippen LogP contribution >= 0.6 is 12.2 Å². The zero-order chi connectivity index (χ0) is 24.4. The molecule has 0 bridgehead atoms. The molecule has 0 spiro atoms. The van der Waals surface area contributed by atoms with Gasteiger partial charge in [0.1, 0.15) is 22.6 Å². The van der Waals surface area contributed by atoms with Gasteiger partial charge in [0.2, 0.25) is 5.89 Å². The minimum absolute atomic E-state index is 0.141. The first-order valence-corrected chi connectivity index (χ1v) is 11.0. The van der Waals surface area contributed by atoms with Gasteiger partial charge in [-0.05, 0) is 80.0 Å². The number of carbonyl (C=O) groups is 1. The van der Waals surface area contributed by atoms with Crippen molar-refractivity contribution < 1.29 is 18.7 Å². The molecular weight excluding hydrogens is 450 g/mol. The van der Waals surface area contributed by atoms with E-state index in [0.29, 0.717) is 17.4 Å². The number of nitrogens with zero attached hydrogens (tertiary/aromatic N) is 1. The highest BCUT2D eigenvalue weighted by Crippen LogP contribution is 2.32.